The first-order valence-electron chi connectivity index (χ1n) is 3.88. The van der Waals surface area contributed by atoms with Crippen LogP contribution in [0.4, 0.5) is 5.82 Å². The molecule has 62 valence electrons. The minimum Gasteiger partial charge on any atom is -0.287 e. The summed E-state index contributed by atoms with van der Waals surface area (Å²) in [6, 6.07) is 3.89. The van der Waals surface area contributed by atoms with Gasteiger partial charge < -0.3 is 0 Å². The second-order valence-electron chi connectivity index (χ2n) is 2.85. The van der Waals surface area contributed by atoms with E-state index in [1.54, 1.807) is 0 Å². The van der Waals surface area contributed by atoms with Gasteiger partial charge >= 0.3 is 0 Å². The minimum atomic E-state index is 0.517. The Hall–Kier alpha value is -1.35. The van der Waals surface area contributed by atoms with E-state index < -0.39 is 0 Å². The molecule has 0 aliphatic carbocycles. The number of nitrogens with zero attached hydrogens (tertiary/aromatic N) is 2. The molecule has 1 aliphatic rings. The second kappa shape index (κ2) is 2.60. The summed E-state index contributed by atoms with van der Waals surface area (Å²) in [5.74, 6) is 0.650. The Labute approximate surface area is 70.9 Å². The fourth-order valence-corrected chi connectivity index (χ4v) is 1.26. The summed E-state index contributed by atoms with van der Waals surface area (Å²) in [7, 11) is 0. The predicted octanol–water partition coefficient (Wildman–Crippen LogP) is 1.61. The highest BCUT2D eigenvalue weighted by molar-refractivity contribution is 5.66. The van der Waals surface area contributed by atoms with Gasteiger partial charge in [-0.3, -0.25) is 5.21 Å². The van der Waals surface area contributed by atoms with Gasteiger partial charge in [0.15, 0.2) is 5.82 Å². The van der Waals surface area contributed by atoms with Crippen LogP contribution < -0.4 is 5.06 Å². The first kappa shape index (κ1) is 7.31. The highest BCUT2D eigenvalue weighted by Crippen LogP contribution is 2.21. The highest BCUT2D eigenvalue weighted by Gasteiger charge is 2.11. The summed E-state index contributed by atoms with van der Waals surface area (Å²) < 4.78 is 0. The first-order chi connectivity index (χ1) is 5.77. The van der Waals surface area contributed by atoms with E-state index in [0.29, 0.717) is 12.4 Å². The second-order valence-corrected chi connectivity index (χ2v) is 2.85. The van der Waals surface area contributed by atoms with Crippen molar-refractivity contribution in [3.8, 4) is 0 Å². The Bertz CT molecular complexity index is 333. The zero-order chi connectivity index (χ0) is 8.55. The van der Waals surface area contributed by atoms with Crippen molar-refractivity contribution >= 4 is 11.9 Å². The molecule has 0 atom stereocenters. The van der Waals surface area contributed by atoms with Crippen molar-refractivity contribution in [3.05, 3.63) is 29.5 Å². The standard InChI is InChI=1S/C9H10N2O/c1-7-4-5-8-3-2-6-11(12)9(8)10-7/h2-5,12H,6H2,1H3. The molecule has 0 aromatic carbocycles. The van der Waals surface area contributed by atoms with Crippen LogP contribution in [0.3, 0.4) is 0 Å². The van der Waals surface area contributed by atoms with E-state index in [9.17, 15) is 5.21 Å². The average Bonchev–Trinajstić information content (AvgIpc) is 2.07. The van der Waals surface area contributed by atoms with Crippen molar-refractivity contribution in [1.29, 1.82) is 0 Å². The number of fused-ring (bicyclic) bond motifs is 1. The number of hydrogen-bond donors (Lipinski definition) is 1. The summed E-state index contributed by atoms with van der Waals surface area (Å²) >= 11 is 0. The zero-order valence-corrected chi connectivity index (χ0v) is 6.86. The molecule has 3 heteroatoms. The summed E-state index contributed by atoms with van der Waals surface area (Å²) in [5, 5.41) is 10.6. The number of anilines is 1. The average molecular weight is 162 g/mol. The molecule has 0 bridgehead atoms. The molecule has 12 heavy (non-hydrogen) atoms. The van der Waals surface area contributed by atoms with Gasteiger partial charge in [-0.1, -0.05) is 12.2 Å². The maximum atomic E-state index is 9.41. The van der Waals surface area contributed by atoms with Crippen molar-refractivity contribution in [1.82, 2.24) is 4.98 Å². The molecule has 3 nitrogen and oxygen atoms in total. The van der Waals surface area contributed by atoms with Crippen LogP contribution in [0, 0.1) is 6.92 Å². The van der Waals surface area contributed by atoms with Crippen LogP contribution in [-0.4, -0.2) is 16.7 Å². The van der Waals surface area contributed by atoms with Gasteiger partial charge in [0.25, 0.3) is 0 Å². The Morgan fingerprint density at radius 2 is 2.33 bits per heavy atom. The molecule has 0 amide bonds. The molecule has 1 aromatic rings. The van der Waals surface area contributed by atoms with E-state index in [4.69, 9.17) is 0 Å². The molecule has 0 radical (unpaired) electrons. The van der Waals surface area contributed by atoms with Crippen LogP contribution in [0.25, 0.3) is 6.08 Å². The van der Waals surface area contributed by atoms with Crippen molar-refractivity contribution < 1.29 is 5.21 Å². The van der Waals surface area contributed by atoms with Gasteiger partial charge in [0.05, 0.1) is 6.54 Å². The molecule has 2 rings (SSSR count). The lowest BCUT2D eigenvalue weighted by Crippen LogP contribution is -2.22. The fraction of sp³-hybridized carbons (Fsp3) is 0.222. The Morgan fingerprint density at radius 1 is 1.50 bits per heavy atom. The quantitative estimate of drug-likeness (QED) is 0.629. The molecule has 0 unspecified atom stereocenters. The summed E-state index contributed by atoms with van der Waals surface area (Å²) in [6.07, 6.45) is 3.87. The number of aryl methyl sites for hydroxylation is 1. The molecule has 1 aliphatic heterocycles. The summed E-state index contributed by atoms with van der Waals surface area (Å²) in [6.45, 7) is 2.43. The molecule has 0 saturated carbocycles. The van der Waals surface area contributed by atoms with Gasteiger partial charge in [-0.05, 0) is 19.1 Å². The third kappa shape index (κ3) is 1.08. The minimum absolute atomic E-state index is 0.517. The lowest BCUT2D eigenvalue weighted by molar-refractivity contribution is 0.261. The smallest absolute Gasteiger partial charge is 0.159 e. The zero-order valence-electron chi connectivity index (χ0n) is 6.86. The first-order valence-corrected chi connectivity index (χ1v) is 3.88. The van der Waals surface area contributed by atoms with Crippen LogP contribution in [0.1, 0.15) is 11.3 Å². The third-order valence-electron chi connectivity index (χ3n) is 1.86. The predicted molar refractivity (Wildman–Crippen MR) is 47.1 cm³/mol. The van der Waals surface area contributed by atoms with E-state index in [1.165, 1.54) is 0 Å². The molecule has 0 fully saturated rings. The van der Waals surface area contributed by atoms with Crippen molar-refractivity contribution in [2.75, 3.05) is 11.6 Å². The van der Waals surface area contributed by atoms with E-state index in [2.05, 4.69) is 4.98 Å². The Balaban J connectivity index is 2.56. The van der Waals surface area contributed by atoms with Crippen molar-refractivity contribution in [2.24, 2.45) is 0 Å². The highest BCUT2D eigenvalue weighted by atomic mass is 16.5. The number of pyridine rings is 1. The number of rotatable bonds is 0. The lowest BCUT2D eigenvalue weighted by Gasteiger charge is -2.19. The SMILES string of the molecule is Cc1ccc2c(n1)N(O)CC=C2. The topological polar surface area (TPSA) is 36.4 Å². The van der Waals surface area contributed by atoms with Crippen molar-refractivity contribution in [3.63, 3.8) is 0 Å². The van der Waals surface area contributed by atoms with Crippen LogP contribution in [0.5, 0.6) is 0 Å². The fourth-order valence-electron chi connectivity index (χ4n) is 1.26. The molecule has 1 N–H and O–H groups in total. The molecule has 2 heterocycles. The lowest BCUT2D eigenvalue weighted by atomic mass is 10.2. The van der Waals surface area contributed by atoms with Gasteiger partial charge in [0, 0.05) is 11.3 Å². The van der Waals surface area contributed by atoms with Gasteiger partial charge in [-0.15, -0.1) is 0 Å². The maximum Gasteiger partial charge on any atom is 0.159 e. The van der Waals surface area contributed by atoms with E-state index in [1.807, 2.05) is 31.2 Å². The van der Waals surface area contributed by atoms with Crippen LogP contribution >= 0.6 is 0 Å². The number of hydroxylamine groups is 1. The largest absolute Gasteiger partial charge is 0.287 e. The number of hydrogen-bond acceptors (Lipinski definition) is 3. The Morgan fingerprint density at radius 3 is 3.17 bits per heavy atom. The molecular weight excluding hydrogens is 152 g/mol. The van der Waals surface area contributed by atoms with Gasteiger partial charge in [-0.25, -0.2) is 10.0 Å². The normalized spacial score (nSPS) is 14.7. The van der Waals surface area contributed by atoms with E-state index in [-0.39, 0.29) is 0 Å². The molecule has 0 spiro atoms. The van der Waals surface area contributed by atoms with E-state index in [0.717, 1.165) is 16.3 Å². The maximum absolute atomic E-state index is 9.41. The van der Waals surface area contributed by atoms with Gasteiger partial charge in [0.2, 0.25) is 0 Å². The summed E-state index contributed by atoms with van der Waals surface area (Å²) in [5.41, 5.74) is 1.89. The Kier molecular flexibility index (Phi) is 1.59. The van der Waals surface area contributed by atoms with Crippen LogP contribution in [-0.2, 0) is 0 Å². The molecule has 0 saturated heterocycles. The molecular formula is C9H10N2O. The van der Waals surface area contributed by atoms with Gasteiger partial charge in [0.1, 0.15) is 0 Å². The van der Waals surface area contributed by atoms with Crippen LogP contribution in [0.2, 0.25) is 0 Å². The van der Waals surface area contributed by atoms with Gasteiger partial charge in [-0.2, -0.15) is 0 Å². The third-order valence-corrected chi connectivity index (χ3v) is 1.86. The molecule has 1 aromatic heterocycles. The van der Waals surface area contributed by atoms with E-state index >= 15 is 0 Å². The van der Waals surface area contributed by atoms with Crippen molar-refractivity contribution in [2.45, 2.75) is 6.92 Å². The van der Waals surface area contributed by atoms with Crippen LogP contribution in [0.15, 0.2) is 18.2 Å². The summed E-state index contributed by atoms with van der Waals surface area (Å²) in [4.78, 5) is 4.22. The monoisotopic (exact) mass is 162 g/mol. The number of aromatic nitrogens is 1.